The standard InChI is InChI=1S/C74H48N2/c1-5-17-49(18-6-1)51-29-37-59(38-30-51)75-69-27-15-13-25-61(69)65-45-57(35-43-71(65)75)55-33-41-63-67(47-55)73(53-21-9-3-10-22-53)64-42-34-56(48-68(64)74(63)54-23-11-4-12-24-54)58-36-44-72-66(46-58)62-26-14-16-28-70(62)76(72)60-39-31-52(32-40-60)50-19-7-2-8-20-50/h1-48H. The summed E-state index contributed by atoms with van der Waals surface area (Å²) in [7, 11) is 0. The lowest BCUT2D eigenvalue weighted by atomic mass is 9.84. The fourth-order valence-electron chi connectivity index (χ4n) is 12.1. The maximum absolute atomic E-state index is 2.44. The van der Waals surface area contributed by atoms with Gasteiger partial charge in [0.25, 0.3) is 0 Å². The average molecular weight is 965 g/mol. The molecule has 2 heteroatoms. The van der Waals surface area contributed by atoms with Gasteiger partial charge in [-0.15, -0.1) is 0 Å². The number of hydrogen-bond acceptors (Lipinski definition) is 0. The van der Waals surface area contributed by atoms with Gasteiger partial charge in [-0.05, 0) is 161 Å². The van der Waals surface area contributed by atoms with Crippen LogP contribution in [0.15, 0.2) is 291 Å². The number of benzene rings is 13. The fraction of sp³-hybridized carbons (Fsp3) is 0. The van der Waals surface area contributed by atoms with E-state index in [9.17, 15) is 0 Å². The Kier molecular flexibility index (Phi) is 10.2. The molecule has 2 nitrogen and oxygen atoms in total. The fourth-order valence-corrected chi connectivity index (χ4v) is 12.1. The normalized spacial score (nSPS) is 11.7. The summed E-state index contributed by atoms with van der Waals surface area (Å²) in [5.74, 6) is 0. The third kappa shape index (κ3) is 7.18. The molecule has 0 atom stereocenters. The highest BCUT2D eigenvalue weighted by molar-refractivity contribution is 6.23. The summed E-state index contributed by atoms with van der Waals surface area (Å²) in [6.45, 7) is 0. The highest BCUT2D eigenvalue weighted by Gasteiger charge is 2.21. The van der Waals surface area contributed by atoms with Crippen molar-refractivity contribution in [1.29, 1.82) is 0 Å². The molecule has 0 aliphatic rings. The maximum Gasteiger partial charge on any atom is 0.0541 e. The van der Waals surface area contributed by atoms with Crippen LogP contribution in [0.1, 0.15) is 0 Å². The quantitative estimate of drug-likeness (QED) is 0.134. The van der Waals surface area contributed by atoms with E-state index in [1.54, 1.807) is 0 Å². The molecule has 0 radical (unpaired) electrons. The zero-order chi connectivity index (χ0) is 50.1. The number of rotatable bonds is 8. The highest BCUT2D eigenvalue weighted by atomic mass is 15.0. The van der Waals surface area contributed by atoms with Gasteiger partial charge in [-0.3, -0.25) is 0 Å². The van der Waals surface area contributed by atoms with Crippen molar-refractivity contribution in [1.82, 2.24) is 9.13 Å². The van der Waals surface area contributed by atoms with Crippen molar-refractivity contribution >= 4 is 65.2 Å². The van der Waals surface area contributed by atoms with Crippen LogP contribution in [0, 0.1) is 0 Å². The molecule has 15 aromatic rings. The second-order valence-corrected chi connectivity index (χ2v) is 20.0. The van der Waals surface area contributed by atoms with E-state index in [1.807, 2.05) is 0 Å². The van der Waals surface area contributed by atoms with Crippen LogP contribution in [-0.2, 0) is 0 Å². The lowest BCUT2D eigenvalue weighted by molar-refractivity contribution is 1.18. The number of nitrogens with zero attached hydrogens (tertiary/aromatic N) is 2. The summed E-state index contributed by atoms with van der Waals surface area (Å²) in [5, 5.41) is 9.87. The molecule has 0 N–H and O–H groups in total. The molecule has 0 aliphatic heterocycles. The van der Waals surface area contributed by atoms with E-state index in [-0.39, 0.29) is 0 Å². The molecule has 0 saturated carbocycles. The molecule has 2 heterocycles. The number of hydrogen-bond donors (Lipinski definition) is 0. The van der Waals surface area contributed by atoms with E-state index in [4.69, 9.17) is 0 Å². The Bertz CT molecular complexity index is 4380. The first-order chi connectivity index (χ1) is 37.7. The van der Waals surface area contributed by atoms with Crippen molar-refractivity contribution in [2.24, 2.45) is 0 Å². The Morgan fingerprint density at radius 3 is 0.816 bits per heavy atom. The molecule has 0 amide bonds. The van der Waals surface area contributed by atoms with Gasteiger partial charge in [-0.25, -0.2) is 0 Å². The smallest absolute Gasteiger partial charge is 0.0541 e. The zero-order valence-electron chi connectivity index (χ0n) is 41.6. The summed E-state index contributed by atoms with van der Waals surface area (Å²) in [4.78, 5) is 0. The minimum absolute atomic E-state index is 1.15. The van der Waals surface area contributed by atoms with Crippen LogP contribution >= 0.6 is 0 Å². The van der Waals surface area contributed by atoms with E-state index < -0.39 is 0 Å². The average Bonchev–Trinajstić information content (AvgIpc) is 4.07. The second kappa shape index (κ2) is 17.9. The summed E-state index contributed by atoms with van der Waals surface area (Å²) in [5.41, 5.74) is 21.6. The molecule has 0 fully saturated rings. The molecular weight excluding hydrogens is 917 g/mol. The van der Waals surface area contributed by atoms with Crippen molar-refractivity contribution < 1.29 is 0 Å². The lowest BCUT2D eigenvalue weighted by Gasteiger charge is -2.20. The second-order valence-electron chi connectivity index (χ2n) is 20.0. The van der Waals surface area contributed by atoms with E-state index >= 15 is 0 Å². The van der Waals surface area contributed by atoms with Crippen LogP contribution in [0.25, 0.3) is 143 Å². The molecule has 0 bridgehead atoms. The van der Waals surface area contributed by atoms with E-state index in [0.717, 1.165) is 11.4 Å². The number of fused-ring (bicyclic) bond motifs is 8. The lowest BCUT2D eigenvalue weighted by Crippen LogP contribution is -1.94. The van der Waals surface area contributed by atoms with Gasteiger partial charge in [0.1, 0.15) is 0 Å². The molecule has 13 aromatic carbocycles. The molecule has 354 valence electrons. The number of aromatic nitrogens is 2. The Morgan fingerprint density at radius 2 is 0.434 bits per heavy atom. The minimum Gasteiger partial charge on any atom is -0.309 e. The largest absolute Gasteiger partial charge is 0.309 e. The van der Waals surface area contributed by atoms with Crippen LogP contribution in [-0.4, -0.2) is 9.13 Å². The molecule has 0 saturated heterocycles. The Morgan fingerprint density at radius 1 is 0.158 bits per heavy atom. The van der Waals surface area contributed by atoms with Gasteiger partial charge in [-0.1, -0.05) is 218 Å². The molecule has 15 rings (SSSR count). The monoisotopic (exact) mass is 964 g/mol. The van der Waals surface area contributed by atoms with Gasteiger partial charge in [0.15, 0.2) is 0 Å². The summed E-state index contributed by atoms with van der Waals surface area (Å²) < 4.78 is 4.82. The molecular formula is C74H48N2. The van der Waals surface area contributed by atoms with Gasteiger partial charge in [-0.2, -0.15) is 0 Å². The van der Waals surface area contributed by atoms with Gasteiger partial charge in [0.2, 0.25) is 0 Å². The van der Waals surface area contributed by atoms with Gasteiger partial charge in [0, 0.05) is 32.9 Å². The predicted molar refractivity (Wildman–Crippen MR) is 323 cm³/mol. The topological polar surface area (TPSA) is 9.86 Å². The summed E-state index contributed by atoms with van der Waals surface area (Å²) >= 11 is 0. The van der Waals surface area contributed by atoms with Crippen LogP contribution in [0.4, 0.5) is 0 Å². The third-order valence-corrected chi connectivity index (χ3v) is 15.7. The minimum atomic E-state index is 1.15. The maximum atomic E-state index is 2.44. The first kappa shape index (κ1) is 43.6. The SMILES string of the molecule is c1ccc(-c2ccc(-n3c4ccccc4c4cc(-c5ccc6c(-c7ccccc7)c7cc(-c8ccc9c(c8)c8ccccc8n9-c8ccc(-c9ccccc9)cc8)ccc7c(-c7ccccc7)c6c5)ccc43)cc2)cc1. The van der Waals surface area contributed by atoms with E-state index in [1.165, 1.54) is 132 Å². The van der Waals surface area contributed by atoms with Crippen molar-refractivity contribution in [2.75, 3.05) is 0 Å². The Hall–Kier alpha value is -10.0. The van der Waals surface area contributed by atoms with Crippen molar-refractivity contribution in [3.63, 3.8) is 0 Å². The van der Waals surface area contributed by atoms with Crippen LogP contribution in [0.5, 0.6) is 0 Å². The van der Waals surface area contributed by atoms with Crippen molar-refractivity contribution in [2.45, 2.75) is 0 Å². The summed E-state index contributed by atoms with van der Waals surface area (Å²) in [6, 6.07) is 107. The molecule has 2 aromatic heterocycles. The Balaban J connectivity index is 0.887. The van der Waals surface area contributed by atoms with Crippen molar-refractivity contribution in [3.05, 3.63) is 291 Å². The zero-order valence-corrected chi connectivity index (χ0v) is 41.6. The first-order valence-corrected chi connectivity index (χ1v) is 26.2. The molecule has 0 aliphatic carbocycles. The highest BCUT2D eigenvalue weighted by Crippen LogP contribution is 2.47. The van der Waals surface area contributed by atoms with Crippen molar-refractivity contribution in [3.8, 4) is 78.1 Å². The number of para-hydroxylation sites is 2. The van der Waals surface area contributed by atoms with E-state index in [0.29, 0.717) is 0 Å². The van der Waals surface area contributed by atoms with Crippen LogP contribution in [0.2, 0.25) is 0 Å². The predicted octanol–water partition coefficient (Wildman–Crippen LogP) is 20.2. The molecule has 0 spiro atoms. The molecule has 76 heavy (non-hydrogen) atoms. The first-order valence-electron chi connectivity index (χ1n) is 26.2. The Labute approximate surface area is 441 Å². The van der Waals surface area contributed by atoms with E-state index in [2.05, 4.69) is 300 Å². The van der Waals surface area contributed by atoms with Gasteiger partial charge >= 0.3 is 0 Å². The van der Waals surface area contributed by atoms with Crippen LogP contribution < -0.4 is 0 Å². The van der Waals surface area contributed by atoms with Gasteiger partial charge in [0.05, 0.1) is 22.1 Å². The van der Waals surface area contributed by atoms with Crippen LogP contribution in [0.3, 0.4) is 0 Å². The molecule has 0 unspecified atom stereocenters. The van der Waals surface area contributed by atoms with Gasteiger partial charge < -0.3 is 9.13 Å². The summed E-state index contributed by atoms with van der Waals surface area (Å²) in [6.07, 6.45) is 0. The third-order valence-electron chi connectivity index (χ3n) is 15.7.